The zero-order valence-electron chi connectivity index (χ0n) is 13.2. The van der Waals surface area contributed by atoms with Gasteiger partial charge in [-0.05, 0) is 30.5 Å². The Morgan fingerprint density at radius 2 is 1.74 bits per heavy atom. The summed E-state index contributed by atoms with van der Waals surface area (Å²) in [6.45, 7) is 0.659. The van der Waals surface area contributed by atoms with Gasteiger partial charge in [0.05, 0.1) is 18.3 Å². The summed E-state index contributed by atoms with van der Waals surface area (Å²) in [7, 11) is 0. The van der Waals surface area contributed by atoms with Gasteiger partial charge < -0.3 is 9.47 Å². The molecule has 1 fully saturated rings. The van der Waals surface area contributed by atoms with Crippen LogP contribution in [-0.2, 0) is 15.9 Å². The van der Waals surface area contributed by atoms with Crippen molar-refractivity contribution < 1.29 is 14.3 Å². The van der Waals surface area contributed by atoms with Gasteiger partial charge in [0.25, 0.3) is 0 Å². The van der Waals surface area contributed by atoms with Crippen LogP contribution in [0, 0.1) is 0 Å². The number of aryl methyl sites for hydroxylation is 1. The Morgan fingerprint density at radius 3 is 2.48 bits per heavy atom. The molecule has 0 aromatic heterocycles. The number of hydrogen-bond acceptors (Lipinski definition) is 3. The van der Waals surface area contributed by atoms with Crippen LogP contribution in [0.4, 0.5) is 0 Å². The minimum absolute atomic E-state index is 0.0442. The summed E-state index contributed by atoms with van der Waals surface area (Å²) < 4.78 is 11.5. The standard InChI is InChI=1S/C20H22O3/c21-20(17-9-5-2-6-10-17)23-19-13-14-22-18(15-19)12-11-16-7-3-1-4-8-16/h1-10,18-19H,11-15H2. The third-order valence-corrected chi connectivity index (χ3v) is 4.20. The molecule has 0 bridgehead atoms. The lowest BCUT2D eigenvalue weighted by molar-refractivity contribution is -0.0572. The van der Waals surface area contributed by atoms with Crippen molar-refractivity contribution in [3.63, 3.8) is 0 Å². The minimum atomic E-state index is -0.237. The molecule has 1 aliphatic heterocycles. The van der Waals surface area contributed by atoms with Crippen LogP contribution in [0.5, 0.6) is 0 Å². The normalized spacial score (nSPS) is 20.9. The second kappa shape index (κ2) is 7.93. The van der Waals surface area contributed by atoms with Crippen molar-refractivity contribution in [1.82, 2.24) is 0 Å². The van der Waals surface area contributed by atoms with E-state index in [-0.39, 0.29) is 18.2 Å². The van der Waals surface area contributed by atoms with Crippen LogP contribution in [0.2, 0.25) is 0 Å². The van der Waals surface area contributed by atoms with E-state index in [1.807, 2.05) is 24.3 Å². The molecule has 3 heteroatoms. The van der Waals surface area contributed by atoms with Crippen molar-refractivity contribution in [2.45, 2.75) is 37.9 Å². The van der Waals surface area contributed by atoms with Crippen molar-refractivity contribution in [1.29, 1.82) is 0 Å². The third kappa shape index (κ3) is 4.67. The van der Waals surface area contributed by atoms with Crippen LogP contribution in [0.15, 0.2) is 60.7 Å². The smallest absolute Gasteiger partial charge is 0.338 e. The maximum Gasteiger partial charge on any atom is 0.338 e. The quantitative estimate of drug-likeness (QED) is 0.782. The highest BCUT2D eigenvalue weighted by Gasteiger charge is 2.25. The first-order chi connectivity index (χ1) is 11.3. The van der Waals surface area contributed by atoms with Gasteiger partial charge in [0.1, 0.15) is 6.10 Å². The molecule has 0 aliphatic carbocycles. The van der Waals surface area contributed by atoms with Crippen LogP contribution >= 0.6 is 0 Å². The highest BCUT2D eigenvalue weighted by atomic mass is 16.6. The van der Waals surface area contributed by atoms with E-state index in [1.54, 1.807) is 12.1 Å². The van der Waals surface area contributed by atoms with Gasteiger partial charge >= 0.3 is 5.97 Å². The summed E-state index contributed by atoms with van der Waals surface area (Å²) in [5.74, 6) is -0.237. The largest absolute Gasteiger partial charge is 0.459 e. The number of rotatable bonds is 5. The Labute approximate surface area is 137 Å². The lowest BCUT2D eigenvalue weighted by Crippen LogP contribution is -2.32. The van der Waals surface area contributed by atoms with Gasteiger partial charge in [0, 0.05) is 12.8 Å². The Morgan fingerprint density at radius 1 is 1.04 bits per heavy atom. The van der Waals surface area contributed by atoms with Crippen molar-refractivity contribution >= 4 is 5.97 Å². The van der Waals surface area contributed by atoms with E-state index in [0.29, 0.717) is 12.2 Å². The lowest BCUT2D eigenvalue weighted by Gasteiger charge is -2.29. The second-order valence-electron chi connectivity index (χ2n) is 5.93. The molecule has 2 unspecified atom stereocenters. The van der Waals surface area contributed by atoms with Crippen LogP contribution < -0.4 is 0 Å². The van der Waals surface area contributed by atoms with Crippen molar-refractivity contribution in [2.24, 2.45) is 0 Å². The molecule has 0 radical (unpaired) electrons. The molecule has 0 saturated carbocycles. The SMILES string of the molecule is O=C(OC1CCOC(CCc2ccccc2)C1)c1ccccc1. The number of esters is 1. The molecule has 0 spiro atoms. The van der Waals surface area contributed by atoms with E-state index in [1.165, 1.54) is 5.56 Å². The van der Waals surface area contributed by atoms with E-state index < -0.39 is 0 Å². The first kappa shape index (κ1) is 15.8. The highest BCUT2D eigenvalue weighted by Crippen LogP contribution is 2.22. The number of hydrogen-bond donors (Lipinski definition) is 0. The third-order valence-electron chi connectivity index (χ3n) is 4.20. The van der Waals surface area contributed by atoms with E-state index >= 15 is 0 Å². The predicted molar refractivity (Wildman–Crippen MR) is 89.4 cm³/mol. The Balaban J connectivity index is 1.49. The van der Waals surface area contributed by atoms with Crippen LogP contribution in [0.1, 0.15) is 35.2 Å². The molecule has 3 nitrogen and oxygen atoms in total. The first-order valence-corrected chi connectivity index (χ1v) is 8.23. The molecule has 23 heavy (non-hydrogen) atoms. The van der Waals surface area contributed by atoms with E-state index in [9.17, 15) is 4.79 Å². The molecule has 3 rings (SSSR count). The van der Waals surface area contributed by atoms with E-state index in [2.05, 4.69) is 24.3 Å². The maximum absolute atomic E-state index is 12.1. The van der Waals surface area contributed by atoms with Crippen LogP contribution in [0.3, 0.4) is 0 Å². The Bertz CT molecular complexity index is 609. The van der Waals surface area contributed by atoms with Crippen molar-refractivity contribution in [2.75, 3.05) is 6.61 Å². The first-order valence-electron chi connectivity index (χ1n) is 8.23. The van der Waals surface area contributed by atoms with E-state index in [0.717, 1.165) is 25.7 Å². The van der Waals surface area contributed by atoms with Gasteiger partial charge in [-0.25, -0.2) is 4.79 Å². The molecule has 2 aromatic carbocycles. The Kier molecular flexibility index (Phi) is 5.43. The fourth-order valence-corrected chi connectivity index (χ4v) is 2.92. The summed E-state index contributed by atoms with van der Waals surface area (Å²) in [4.78, 5) is 12.1. The average Bonchev–Trinajstić information content (AvgIpc) is 2.62. The molecule has 2 atom stereocenters. The predicted octanol–water partition coefficient (Wildman–Crippen LogP) is 4.02. The summed E-state index contributed by atoms with van der Waals surface area (Å²) in [6, 6.07) is 19.6. The van der Waals surface area contributed by atoms with Crippen LogP contribution in [-0.4, -0.2) is 24.8 Å². The van der Waals surface area contributed by atoms with Gasteiger partial charge in [0.2, 0.25) is 0 Å². The van der Waals surface area contributed by atoms with Crippen LogP contribution in [0.25, 0.3) is 0 Å². The average molecular weight is 310 g/mol. The molecule has 0 N–H and O–H groups in total. The highest BCUT2D eigenvalue weighted by molar-refractivity contribution is 5.89. The summed E-state index contributed by atoms with van der Waals surface area (Å²) >= 11 is 0. The van der Waals surface area contributed by atoms with Gasteiger partial charge in [-0.3, -0.25) is 0 Å². The van der Waals surface area contributed by atoms with Gasteiger partial charge in [-0.15, -0.1) is 0 Å². The number of ether oxygens (including phenoxy) is 2. The molecule has 1 saturated heterocycles. The second-order valence-corrected chi connectivity index (χ2v) is 5.93. The molecule has 1 heterocycles. The number of benzene rings is 2. The topological polar surface area (TPSA) is 35.5 Å². The summed E-state index contributed by atoms with van der Waals surface area (Å²) in [5.41, 5.74) is 1.93. The van der Waals surface area contributed by atoms with Gasteiger partial charge in [0.15, 0.2) is 0 Å². The lowest BCUT2D eigenvalue weighted by atomic mass is 9.99. The molecular weight excluding hydrogens is 288 g/mol. The zero-order chi connectivity index (χ0) is 15.9. The molecule has 2 aromatic rings. The molecule has 120 valence electrons. The molecular formula is C20H22O3. The minimum Gasteiger partial charge on any atom is -0.459 e. The van der Waals surface area contributed by atoms with Crippen molar-refractivity contribution in [3.05, 3.63) is 71.8 Å². The monoisotopic (exact) mass is 310 g/mol. The van der Waals surface area contributed by atoms with Gasteiger partial charge in [-0.2, -0.15) is 0 Å². The summed E-state index contributed by atoms with van der Waals surface area (Å²) in [6.07, 6.45) is 3.63. The van der Waals surface area contributed by atoms with Gasteiger partial charge in [-0.1, -0.05) is 48.5 Å². The number of carbonyl (C=O) groups excluding carboxylic acids is 1. The fourth-order valence-electron chi connectivity index (χ4n) is 2.92. The fraction of sp³-hybridized carbons (Fsp3) is 0.350. The zero-order valence-corrected chi connectivity index (χ0v) is 13.2. The molecule has 1 aliphatic rings. The Hall–Kier alpha value is -2.13. The van der Waals surface area contributed by atoms with E-state index in [4.69, 9.17) is 9.47 Å². The maximum atomic E-state index is 12.1. The summed E-state index contributed by atoms with van der Waals surface area (Å²) in [5, 5.41) is 0. The molecule has 0 amide bonds. The van der Waals surface area contributed by atoms with Crippen molar-refractivity contribution in [3.8, 4) is 0 Å². The number of carbonyl (C=O) groups is 1.